The highest BCUT2D eigenvalue weighted by atomic mass is 19.4. The van der Waals surface area contributed by atoms with Crippen molar-refractivity contribution in [3.05, 3.63) is 0 Å². The Balaban J connectivity index is 4.95. The highest BCUT2D eigenvalue weighted by Gasteiger charge is 2.61. The maximum absolute atomic E-state index is 12.9. The zero-order valence-corrected chi connectivity index (χ0v) is 9.87. The van der Waals surface area contributed by atoms with Crippen LogP contribution in [0.3, 0.4) is 0 Å². The Morgan fingerprint density at radius 2 is 1.33 bits per heavy atom. The third-order valence-electron chi connectivity index (χ3n) is 2.14. The number of hydrogen-bond acceptors (Lipinski definition) is 2. The Bertz CT molecular complexity index is 339. The molecule has 0 spiro atoms. The minimum absolute atomic E-state index is 0.985. The van der Waals surface area contributed by atoms with Gasteiger partial charge in [0, 0.05) is 5.41 Å². The zero-order chi connectivity index (χ0) is 14.9. The van der Waals surface area contributed by atoms with Gasteiger partial charge in [0.05, 0.1) is 6.42 Å². The predicted molar refractivity (Wildman–Crippen MR) is 50.0 cm³/mol. The van der Waals surface area contributed by atoms with Crippen LogP contribution >= 0.6 is 0 Å². The monoisotopic (exact) mass is 278 g/mol. The van der Waals surface area contributed by atoms with Crippen molar-refractivity contribution >= 4 is 11.6 Å². The van der Waals surface area contributed by atoms with E-state index in [-0.39, 0.29) is 0 Å². The van der Waals surface area contributed by atoms with Crippen molar-refractivity contribution in [2.45, 2.75) is 45.5 Å². The Morgan fingerprint density at radius 1 is 0.944 bits per heavy atom. The second-order valence-electron chi connectivity index (χ2n) is 4.80. The molecule has 0 saturated carbocycles. The number of hydrogen-bond donors (Lipinski definition) is 0. The number of halogens is 6. The minimum atomic E-state index is -5.86. The van der Waals surface area contributed by atoms with Crippen LogP contribution < -0.4 is 0 Å². The number of carbonyl (C=O) groups is 2. The number of ketones is 2. The van der Waals surface area contributed by atoms with Crippen molar-refractivity contribution in [1.82, 2.24) is 0 Å². The second kappa shape index (κ2) is 4.89. The summed E-state index contributed by atoms with van der Waals surface area (Å²) in [4.78, 5) is 22.1. The molecule has 0 aromatic carbocycles. The van der Waals surface area contributed by atoms with Gasteiger partial charge >= 0.3 is 12.1 Å². The van der Waals surface area contributed by atoms with Gasteiger partial charge in [0.1, 0.15) is 5.78 Å². The number of Topliss-reactive ketones (excluding diaryl/α,β-unsaturated/α-hetero) is 2. The van der Waals surface area contributed by atoms with Crippen molar-refractivity contribution in [3.8, 4) is 0 Å². The molecule has 0 radical (unpaired) electrons. The van der Waals surface area contributed by atoms with E-state index in [0.29, 0.717) is 0 Å². The van der Waals surface area contributed by atoms with Crippen LogP contribution in [0.4, 0.5) is 26.3 Å². The average molecular weight is 278 g/mol. The molecule has 0 aliphatic carbocycles. The maximum atomic E-state index is 12.9. The van der Waals surface area contributed by atoms with Crippen molar-refractivity contribution in [3.63, 3.8) is 0 Å². The summed E-state index contributed by atoms with van der Waals surface area (Å²) < 4.78 is 73.5. The predicted octanol–water partition coefficient (Wildman–Crippen LogP) is 3.10. The molecule has 0 rings (SSSR count). The smallest absolute Gasteiger partial charge is 0.299 e. The topological polar surface area (TPSA) is 34.1 Å². The van der Waals surface area contributed by atoms with Gasteiger partial charge in [0.25, 0.3) is 6.17 Å². The second-order valence-corrected chi connectivity index (χ2v) is 4.80. The molecule has 0 fully saturated rings. The first-order chi connectivity index (χ1) is 7.70. The fourth-order valence-corrected chi connectivity index (χ4v) is 0.876. The van der Waals surface area contributed by atoms with E-state index in [1.54, 1.807) is 0 Å². The van der Waals surface area contributed by atoms with Crippen LogP contribution in [0, 0.1) is 5.41 Å². The molecule has 0 bridgehead atoms. The van der Waals surface area contributed by atoms with Crippen LogP contribution in [0.15, 0.2) is 0 Å². The van der Waals surface area contributed by atoms with E-state index >= 15 is 0 Å². The maximum Gasteiger partial charge on any atom is 0.426 e. The van der Waals surface area contributed by atoms with Gasteiger partial charge in [-0.2, -0.15) is 22.0 Å². The third-order valence-corrected chi connectivity index (χ3v) is 2.14. The molecular formula is C10H12F6O2. The standard InChI is InChI=1S/C10H12F6O2/c1-8(2,3)5(17)4-6(18)9(12,13)7(11)10(14,15)16/h7H,4H2,1-3H3. The van der Waals surface area contributed by atoms with Crippen LogP contribution in [-0.4, -0.2) is 29.8 Å². The summed E-state index contributed by atoms with van der Waals surface area (Å²) >= 11 is 0. The summed E-state index contributed by atoms with van der Waals surface area (Å²) in [6, 6.07) is 0. The first-order valence-electron chi connectivity index (χ1n) is 4.86. The van der Waals surface area contributed by atoms with Crippen LogP contribution in [0.1, 0.15) is 27.2 Å². The summed E-state index contributed by atoms with van der Waals surface area (Å²) in [6.07, 6.45) is -11.9. The van der Waals surface area contributed by atoms with Crippen molar-refractivity contribution in [1.29, 1.82) is 0 Å². The molecule has 0 aliphatic heterocycles. The van der Waals surface area contributed by atoms with Crippen molar-refractivity contribution in [2.24, 2.45) is 5.41 Å². The molecular weight excluding hydrogens is 266 g/mol. The lowest BCUT2D eigenvalue weighted by molar-refractivity contribution is -0.239. The van der Waals surface area contributed by atoms with Crippen LogP contribution in [0.5, 0.6) is 0 Å². The Labute approximate surface area is 99.3 Å². The largest absolute Gasteiger partial charge is 0.426 e. The third kappa shape index (κ3) is 3.99. The summed E-state index contributed by atoms with van der Waals surface area (Å²) in [7, 11) is 0. The molecule has 0 aromatic heterocycles. The van der Waals surface area contributed by atoms with Crippen molar-refractivity contribution in [2.75, 3.05) is 0 Å². The van der Waals surface area contributed by atoms with E-state index in [1.807, 2.05) is 0 Å². The molecule has 1 atom stereocenters. The summed E-state index contributed by atoms with van der Waals surface area (Å²) in [5.41, 5.74) is -1.17. The molecule has 0 N–H and O–H groups in total. The molecule has 0 amide bonds. The van der Waals surface area contributed by atoms with Crippen LogP contribution in [0.25, 0.3) is 0 Å². The molecule has 0 heterocycles. The summed E-state index contributed by atoms with van der Waals surface area (Å²) in [6.45, 7) is 3.91. The van der Waals surface area contributed by atoms with Gasteiger partial charge in [0.2, 0.25) is 5.78 Å². The highest BCUT2D eigenvalue weighted by molar-refractivity contribution is 6.04. The Kier molecular flexibility index (Phi) is 4.60. The van der Waals surface area contributed by atoms with E-state index in [4.69, 9.17) is 0 Å². The lowest BCUT2D eigenvalue weighted by atomic mass is 9.86. The van der Waals surface area contributed by atoms with Gasteiger partial charge < -0.3 is 0 Å². The van der Waals surface area contributed by atoms with Gasteiger partial charge in [-0.05, 0) is 0 Å². The van der Waals surface area contributed by atoms with E-state index < -0.39 is 41.7 Å². The summed E-state index contributed by atoms with van der Waals surface area (Å²) in [5, 5.41) is 0. The van der Waals surface area contributed by atoms with Gasteiger partial charge in [-0.3, -0.25) is 9.59 Å². The van der Waals surface area contributed by atoms with Gasteiger partial charge in [-0.1, -0.05) is 20.8 Å². The van der Waals surface area contributed by atoms with Gasteiger partial charge in [-0.25, -0.2) is 4.39 Å². The zero-order valence-electron chi connectivity index (χ0n) is 9.87. The van der Waals surface area contributed by atoms with Crippen LogP contribution in [-0.2, 0) is 9.59 Å². The van der Waals surface area contributed by atoms with E-state index in [2.05, 4.69) is 0 Å². The molecule has 0 saturated heterocycles. The fraction of sp³-hybridized carbons (Fsp3) is 0.800. The lowest BCUT2D eigenvalue weighted by Crippen LogP contribution is -2.48. The average Bonchev–Trinajstić information content (AvgIpc) is 2.13. The van der Waals surface area contributed by atoms with E-state index in [9.17, 15) is 35.9 Å². The Hall–Kier alpha value is -1.08. The Morgan fingerprint density at radius 3 is 1.61 bits per heavy atom. The molecule has 0 aliphatic rings. The van der Waals surface area contributed by atoms with E-state index in [0.717, 1.165) is 0 Å². The number of carbonyl (C=O) groups excluding carboxylic acids is 2. The SMILES string of the molecule is CC(C)(C)C(=O)CC(=O)C(F)(F)C(F)C(F)(F)F. The molecule has 1 unspecified atom stereocenters. The van der Waals surface area contributed by atoms with E-state index in [1.165, 1.54) is 20.8 Å². The molecule has 106 valence electrons. The van der Waals surface area contributed by atoms with Crippen molar-refractivity contribution < 1.29 is 35.9 Å². The molecule has 18 heavy (non-hydrogen) atoms. The highest BCUT2D eigenvalue weighted by Crippen LogP contribution is 2.36. The summed E-state index contributed by atoms with van der Waals surface area (Å²) in [5.74, 6) is -8.60. The molecule has 2 nitrogen and oxygen atoms in total. The molecule has 8 heteroatoms. The van der Waals surface area contributed by atoms with Crippen LogP contribution in [0.2, 0.25) is 0 Å². The first kappa shape index (κ1) is 16.9. The number of alkyl halides is 6. The van der Waals surface area contributed by atoms with Gasteiger partial charge in [-0.15, -0.1) is 0 Å². The number of rotatable bonds is 4. The normalized spacial score (nSPS) is 15.4. The first-order valence-corrected chi connectivity index (χ1v) is 4.86. The van der Waals surface area contributed by atoms with Gasteiger partial charge in [0.15, 0.2) is 0 Å². The quantitative estimate of drug-likeness (QED) is 0.585. The lowest BCUT2D eigenvalue weighted by Gasteiger charge is -2.23. The fourth-order valence-electron chi connectivity index (χ4n) is 0.876. The molecule has 0 aromatic rings. The minimum Gasteiger partial charge on any atom is -0.299 e.